The van der Waals surface area contributed by atoms with Crippen LogP contribution in [0.2, 0.25) is 5.02 Å². The van der Waals surface area contributed by atoms with Gasteiger partial charge < -0.3 is 9.47 Å². The minimum absolute atomic E-state index is 0.0202. The maximum absolute atomic E-state index is 6.18. The van der Waals surface area contributed by atoms with E-state index in [0.29, 0.717) is 24.7 Å². The third-order valence-corrected chi connectivity index (χ3v) is 4.57. The standard InChI is InChI=1S/C19H17ClN2O2/c1-23-14-5-2-12(3-6-14)18-16-11-24-17-7-4-13(20)10-15(17)19(16)22-9-8-21-18/h2-7,10,16H,8-9,11H2,1H3. The van der Waals surface area contributed by atoms with Crippen LogP contribution in [0.5, 0.6) is 11.5 Å². The van der Waals surface area contributed by atoms with Crippen LogP contribution in [0.3, 0.4) is 0 Å². The first-order chi connectivity index (χ1) is 11.8. The molecule has 0 saturated carbocycles. The van der Waals surface area contributed by atoms with Gasteiger partial charge in [0.25, 0.3) is 0 Å². The third kappa shape index (κ3) is 2.67. The summed E-state index contributed by atoms with van der Waals surface area (Å²) in [6, 6.07) is 13.7. The summed E-state index contributed by atoms with van der Waals surface area (Å²) in [5.41, 5.74) is 4.08. The average Bonchev–Trinajstić information content (AvgIpc) is 2.84. The van der Waals surface area contributed by atoms with Crippen molar-refractivity contribution in [3.63, 3.8) is 0 Å². The van der Waals surface area contributed by atoms with Gasteiger partial charge in [0.05, 0.1) is 37.5 Å². The van der Waals surface area contributed by atoms with Crippen molar-refractivity contribution in [2.75, 3.05) is 26.8 Å². The van der Waals surface area contributed by atoms with Gasteiger partial charge in [-0.3, -0.25) is 9.98 Å². The van der Waals surface area contributed by atoms with E-state index in [2.05, 4.69) is 0 Å². The predicted octanol–water partition coefficient (Wildman–Crippen LogP) is 3.65. The monoisotopic (exact) mass is 340 g/mol. The van der Waals surface area contributed by atoms with Gasteiger partial charge in [-0.1, -0.05) is 11.6 Å². The van der Waals surface area contributed by atoms with E-state index in [1.54, 1.807) is 7.11 Å². The summed E-state index contributed by atoms with van der Waals surface area (Å²) in [6.07, 6.45) is 0. The molecular formula is C19H17ClN2O2. The molecule has 1 unspecified atom stereocenters. The highest BCUT2D eigenvalue weighted by molar-refractivity contribution is 6.31. The number of ether oxygens (including phenoxy) is 2. The van der Waals surface area contributed by atoms with Crippen LogP contribution in [-0.4, -0.2) is 38.2 Å². The first kappa shape index (κ1) is 15.2. The number of hydrogen-bond acceptors (Lipinski definition) is 4. The van der Waals surface area contributed by atoms with E-state index >= 15 is 0 Å². The first-order valence-corrected chi connectivity index (χ1v) is 8.30. The summed E-state index contributed by atoms with van der Waals surface area (Å²) in [6.45, 7) is 1.90. The highest BCUT2D eigenvalue weighted by Crippen LogP contribution is 2.33. The second-order valence-corrected chi connectivity index (χ2v) is 6.20. The lowest BCUT2D eigenvalue weighted by atomic mass is 9.87. The fraction of sp³-hybridized carbons (Fsp3) is 0.263. The Morgan fingerprint density at radius 1 is 1.04 bits per heavy atom. The minimum Gasteiger partial charge on any atom is -0.497 e. The van der Waals surface area contributed by atoms with E-state index in [1.807, 2.05) is 42.5 Å². The summed E-state index contributed by atoms with van der Waals surface area (Å²) in [7, 11) is 1.67. The van der Waals surface area contributed by atoms with E-state index in [0.717, 1.165) is 34.0 Å². The number of hydrogen-bond donors (Lipinski definition) is 0. The zero-order chi connectivity index (χ0) is 16.5. The van der Waals surface area contributed by atoms with Crippen LogP contribution in [-0.2, 0) is 0 Å². The number of nitrogens with zero attached hydrogens (tertiary/aromatic N) is 2. The van der Waals surface area contributed by atoms with Crippen LogP contribution in [0.15, 0.2) is 52.4 Å². The normalized spacial score (nSPS) is 19.2. The molecule has 2 aromatic rings. The predicted molar refractivity (Wildman–Crippen MR) is 96.2 cm³/mol. The zero-order valence-electron chi connectivity index (χ0n) is 13.3. The third-order valence-electron chi connectivity index (χ3n) is 4.33. The van der Waals surface area contributed by atoms with Crippen molar-refractivity contribution in [3.05, 3.63) is 58.6 Å². The molecule has 0 N–H and O–H groups in total. The number of aliphatic imine (C=N–C) groups is 2. The molecule has 4 nitrogen and oxygen atoms in total. The van der Waals surface area contributed by atoms with Crippen LogP contribution in [0, 0.1) is 5.92 Å². The SMILES string of the molecule is COc1ccc(C2=NCCN=C3c4cc(Cl)ccc4OCC23)cc1. The van der Waals surface area contributed by atoms with Crippen molar-refractivity contribution < 1.29 is 9.47 Å². The highest BCUT2D eigenvalue weighted by Gasteiger charge is 2.32. The summed E-state index contributed by atoms with van der Waals surface area (Å²) in [5, 5.41) is 0.688. The fourth-order valence-corrected chi connectivity index (χ4v) is 3.35. The van der Waals surface area contributed by atoms with Gasteiger partial charge >= 0.3 is 0 Å². The summed E-state index contributed by atoms with van der Waals surface area (Å²) < 4.78 is 11.2. The maximum atomic E-state index is 6.18. The number of fused-ring (bicyclic) bond motifs is 3. The van der Waals surface area contributed by atoms with E-state index in [-0.39, 0.29) is 5.92 Å². The van der Waals surface area contributed by atoms with Crippen LogP contribution in [0.4, 0.5) is 0 Å². The number of methoxy groups -OCH3 is 1. The molecule has 1 atom stereocenters. The fourth-order valence-electron chi connectivity index (χ4n) is 3.18. The Morgan fingerprint density at radius 2 is 1.79 bits per heavy atom. The smallest absolute Gasteiger partial charge is 0.128 e. The molecule has 0 spiro atoms. The molecule has 2 aliphatic heterocycles. The number of halogens is 1. The topological polar surface area (TPSA) is 43.2 Å². The molecule has 2 aromatic carbocycles. The Hall–Kier alpha value is -2.33. The Bertz CT molecular complexity index is 828. The van der Waals surface area contributed by atoms with Crippen molar-refractivity contribution in [2.45, 2.75) is 0 Å². The lowest BCUT2D eigenvalue weighted by Gasteiger charge is -2.28. The Labute approximate surface area is 145 Å². The van der Waals surface area contributed by atoms with Crippen LogP contribution in [0.25, 0.3) is 0 Å². The average molecular weight is 341 g/mol. The van der Waals surface area contributed by atoms with Crippen LogP contribution < -0.4 is 9.47 Å². The Balaban J connectivity index is 1.76. The molecule has 0 radical (unpaired) electrons. The quantitative estimate of drug-likeness (QED) is 0.837. The van der Waals surface area contributed by atoms with Crippen molar-refractivity contribution >= 4 is 23.0 Å². The highest BCUT2D eigenvalue weighted by atomic mass is 35.5. The molecule has 5 heteroatoms. The second-order valence-electron chi connectivity index (χ2n) is 5.77. The largest absolute Gasteiger partial charge is 0.497 e. The number of benzene rings is 2. The molecule has 2 aliphatic rings. The van der Waals surface area contributed by atoms with Crippen LogP contribution in [0.1, 0.15) is 11.1 Å². The van der Waals surface area contributed by atoms with E-state index in [1.165, 1.54) is 0 Å². The van der Waals surface area contributed by atoms with Crippen LogP contribution >= 0.6 is 11.6 Å². The number of rotatable bonds is 2. The van der Waals surface area contributed by atoms with Crippen molar-refractivity contribution in [1.82, 2.24) is 0 Å². The van der Waals surface area contributed by atoms with E-state index in [4.69, 9.17) is 31.1 Å². The van der Waals surface area contributed by atoms with Gasteiger partial charge in [0.2, 0.25) is 0 Å². The molecule has 0 aromatic heterocycles. The van der Waals surface area contributed by atoms with Gasteiger partial charge in [-0.05, 0) is 48.0 Å². The molecule has 0 saturated heterocycles. The lowest BCUT2D eigenvalue weighted by molar-refractivity contribution is 0.300. The minimum atomic E-state index is 0.0202. The molecule has 122 valence electrons. The van der Waals surface area contributed by atoms with Gasteiger partial charge in [0, 0.05) is 10.6 Å². The van der Waals surface area contributed by atoms with Gasteiger partial charge in [-0.2, -0.15) is 0 Å². The summed E-state index contributed by atoms with van der Waals surface area (Å²) >= 11 is 6.18. The molecule has 0 aliphatic carbocycles. The molecule has 0 amide bonds. The van der Waals surface area contributed by atoms with Gasteiger partial charge in [0.1, 0.15) is 18.1 Å². The van der Waals surface area contributed by atoms with Gasteiger partial charge in [-0.25, -0.2) is 0 Å². The molecule has 0 fully saturated rings. The molecular weight excluding hydrogens is 324 g/mol. The first-order valence-electron chi connectivity index (χ1n) is 7.92. The molecule has 0 bridgehead atoms. The van der Waals surface area contributed by atoms with E-state index < -0.39 is 0 Å². The van der Waals surface area contributed by atoms with Crippen molar-refractivity contribution in [2.24, 2.45) is 15.9 Å². The van der Waals surface area contributed by atoms with E-state index in [9.17, 15) is 0 Å². The Morgan fingerprint density at radius 3 is 2.54 bits per heavy atom. The van der Waals surface area contributed by atoms with Gasteiger partial charge in [-0.15, -0.1) is 0 Å². The summed E-state index contributed by atoms with van der Waals surface area (Å²) in [5.74, 6) is 1.69. The van der Waals surface area contributed by atoms with Gasteiger partial charge in [0.15, 0.2) is 0 Å². The molecule has 24 heavy (non-hydrogen) atoms. The second kappa shape index (κ2) is 6.29. The molecule has 4 rings (SSSR count). The van der Waals surface area contributed by atoms with Crippen molar-refractivity contribution in [3.8, 4) is 11.5 Å². The van der Waals surface area contributed by atoms with Crippen molar-refractivity contribution in [1.29, 1.82) is 0 Å². The summed E-state index contributed by atoms with van der Waals surface area (Å²) in [4.78, 5) is 9.55. The zero-order valence-corrected chi connectivity index (χ0v) is 14.1. The molecule has 2 heterocycles. The Kier molecular flexibility index (Phi) is 3.98. The lowest BCUT2D eigenvalue weighted by Crippen LogP contribution is -2.34. The maximum Gasteiger partial charge on any atom is 0.128 e.